The highest BCUT2D eigenvalue weighted by molar-refractivity contribution is 7.93. The molecule has 1 amide bonds. The van der Waals surface area contributed by atoms with Crippen molar-refractivity contribution in [1.82, 2.24) is 9.88 Å². The lowest BCUT2D eigenvalue weighted by atomic mass is 10.1. The van der Waals surface area contributed by atoms with Crippen LogP contribution in [-0.2, 0) is 26.0 Å². The molecule has 212 valence electrons. The molecule has 2 aromatic rings. The number of benzene rings is 1. The van der Waals surface area contributed by atoms with E-state index in [1.807, 2.05) is 4.90 Å². The topological polar surface area (TPSA) is 108 Å². The first-order valence-corrected chi connectivity index (χ1v) is 16.1. The first-order chi connectivity index (χ1) is 18.2. The smallest absolute Gasteiger partial charge is 0.353 e. The molecule has 5 rings (SSSR count). The SMILES string of the molecule is C[C@@H]1CCS(=O)(=O)N1c1ccc(C(=O)N2CCN(c3ncc(C(F)(F)F)cc3C3CC3)CC2)c(S(C)(=O)=O)c1. The second-order valence-electron chi connectivity index (χ2n) is 10.4. The number of hydrogen-bond acceptors (Lipinski definition) is 7. The quantitative estimate of drug-likeness (QED) is 0.529. The summed E-state index contributed by atoms with van der Waals surface area (Å²) in [7, 11) is -7.47. The number of sulfonamides is 1. The van der Waals surface area contributed by atoms with Gasteiger partial charge < -0.3 is 9.80 Å². The molecule has 39 heavy (non-hydrogen) atoms. The monoisotopic (exact) mass is 586 g/mol. The van der Waals surface area contributed by atoms with Gasteiger partial charge in [0.05, 0.1) is 27.5 Å². The number of alkyl halides is 3. The molecule has 2 saturated heterocycles. The number of anilines is 2. The second-order valence-corrected chi connectivity index (χ2v) is 14.3. The summed E-state index contributed by atoms with van der Waals surface area (Å²) in [5, 5.41) is 0. The number of rotatable bonds is 5. The lowest BCUT2D eigenvalue weighted by Gasteiger charge is -2.36. The Morgan fingerprint density at radius 1 is 1.05 bits per heavy atom. The van der Waals surface area contributed by atoms with E-state index >= 15 is 0 Å². The molecule has 0 N–H and O–H groups in total. The fourth-order valence-corrected chi connectivity index (χ4v) is 8.05. The molecule has 0 unspecified atom stereocenters. The van der Waals surface area contributed by atoms with E-state index in [1.165, 1.54) is 33.5 Å². The van der Waals surface area contributed by atoms with Crippen molar-refractivity contribution in [3.63, 3.8) is 0 Å². The van der Waals surface area contributed by atoms with Crippen molar-refractivity contribution in [2.45, 2.75) is 49.2 Å². The Balaban J connectivity index is 1.37. The largest absolute Gasteiger partial charge is 0.417 e. The van der Waals surface area contributed by atoms with Crippen LogP contribution in [0, 0.1) is 0 Å². The lowest BCUT2D eigenvalue weighted by Crippen LogP contribution is -2.49. The number of carbonyl (C=O) groups excluding carboxylic acids is 1. The molecule has 3 fully saturated rings. The number of halogens is 3. The van der Waals surface area contributed by atoms with Gasteiger partial charge in [0.2, 0.25) is 10.0 Å². The predicted octanol–water partition coefficient (Wildman–Crippen LogP) is 3.27. The summed E-state index contributed by atoms with van der Waals surface area (Å²) in [4.78, 5) is 20.7. The average Bonchev–Trinajstić information content (AvgIpc) is 3.67. The molecule has 1 aliphatic carbocycles. The Hall–Kier alpha value is -2.87. The first-order valence-electron chi connectivity index (χ1n) is 12.6. The van der Waals surface area contributed by atoms with Gasteiger partial charge in [-0.05, 0) is 61.9 Å². The minimum absolute atomic E-state index is 0.0347. The van der Waals surface area contributed by atoms with Gasteiger partial charge in [-0.25, -0.2) is 21.8 Å². The molecule has 3 aliphatic rings. The third-order valence-electron chi connectivity index (χ3n) is 7.45. The van der Waals surface area contributed by atoms with E-state index < -0.39 is 37.5 Å². The van der Waals surface area contributed by atoms with E-state index in [9.17, 15) is 34.8 Å². The highest BCUT2D eigenvalue weighted by Gasteiger charge is 2.38. The molecule has 1 saturated carbocycles. The van der Waals surface area contributed by atoms with Crippen LogP contribution >= 0.6 is 0 Å². The Morgan fingerprint density at radius 2 is 1.72 bits per heavy atom. The number of nitrogens with zero attached hydrogens (tertiary/aromatic N) is 4. The number of amides is 1. The number of pyridine rings is 1. The van der Waals surface area contributed by atoms with Crippen molar-refractivity contribution in [2.24, 2.45) is 0 Å². The van der Waals surface area contributed by atoms with Crippen LogP contribution in [0.1, 0.15) is 53.6 Å². The van der Waals surface area contributed by atoms with Crippen molar-refractivity contribution in [1.29, 1.82) is 0 Å². The number of aromatic nitrogens is 1. The third kappa shape index (κ3) is 5.45. The Morgan fingerprint density at radius 3 is 2.26 bits per heavy atom. The lowest BCUT2D eigenvalue weighted by molar-refractivity contribution is -0.137. The van der Waals surface area contributed by atoms with Gasteiger partial charge in [-0.1, -0.05) is 0 Å². The minimum Gasteiger partial charge on any atom is -0.353 e. The Bertz CT molecular complexity index is 1520. The van der Waals surface area contributed by atoms with Crippen molar-refractivity contribution >= 4 is 37.3 Å². The van der Waals surface area contributed by atoms with Crippen LogP contribution in [0.2, 0.25) is 0 Å². The van der Waals surface area contributed by atoms with Crippen LogP contribution < -0.4 is 9.21 Å². The third-order valence-corrected chi connectivity index (χ3v) is 10.5. The van der Waals surface area contributed by atoms with Crippen molar-refractivity contribution < 1.29 is 34.8 Å². The summed E-state index contributed by atoms with van der Waals surface area (Å²) in [5.41, 5.74) is -0.0754. The van der Waals surface area contributed by atoms with Gasteiger partial charge in [0.25, 0.3) is 5.91 Å². The highest BCUT2D eigenvalue weighted by atomic mass is 32.2. The molecule has 0 radical (unpaired) electrons. The van der Waals surface area contributed by atoms with E-state index in [0.29, 0.717) is 30.9 Å². The van der Waals surface area contributed by atoms with Crippen LogP contribution in [0.3, 0.4) is 0 Å². The highest BCUT2D eigenvalue weighted by Crippen LogP contribution is 2.45. The Kier molecular flexibility index (Phi) is 6.85. The molecule has 1 aromatic carbocycles. The van der Waals surface area contributed by atoms with Gasteiger partial charge in [-0.15, -0.1) is 0 Å². The number of carbonyl (C=O) groups is 1. The summed E-state index contributed by atoms with van der Waals surface area (Å²) in [6.07, 6.45) is -0.660. The summed E-state index contributed by atoms with van der Waals surface area (Å²) in [6, 6.07) is 4.87. The molecule has 0 spiro atoms. The van der Waals surface area contributed by atoms with Gasteiger partial charge in [-0.3, -0.25) is 9.10 Å². The van der Waals surface area contributed by atoms with Crippen molar-refractivity contribution in [3.05, 3.63) is 47.2 Å². The van der Waals surface area contributed by atoms with Gasteiger partial charge in [-0.2, -0.15) is 13.2 Å². The maximum atomic E-state index is 13.4. The van der Waals surface area contributed by atoms with Crippen LogP contribution in [0.25, 0.3) is 0 Å². The van der Waals surface area contributed by atoms with Crippen LogP contribution in [0.15, 0.2) is 35.4 Å². The molecule has 9 nitrogen and oxygen atoms in total. The maximum Gasteiger partial charge on any atom is 0.417 e. The molecule has 0 bridgehead atoms. The summed E-state index contributed by atoms with van der Waals surface area (Å²) in [6.45, 7) is 2.81. The number of piperazine rings is 1. The molecular weight excluding hydrogens is 557 g/mol. The fourth-order valence-electron chi connectivity index (χ4n) is 5.24. The zero-order valence-corrected chi connectivity index (χ0v) is 23.1. The van der Waals surface area contributed by atoms with Crippen molar-refractivity contribution in [3.8, 4) is 0 Å². The van der Waals surface area contributed by atoms with Gasteiger partial charge >= 0.3 is 6.18 Å². The zero-order valence-electron chi connectivity index (χ0n) is 21.5. The number of hydrogen-bond donors (Lipinski definition) is 0. The molecule has 1 aromatic heterocycles. The van der Waals surface area contributed by atoms with Crippen LogP contribution in [0.5, 0.6) is 0 Å². The fraction of sp³-hybridized carbons (Fsp3) is 0.520. The van der Waals surface area contributed by atoms with Crippen LogP contribution in [0.4, 0.5) is 24.7 Å². The van der Waals surface area contributed by atoms with Gasteiger partial charge in [0, 0.05) is 44.7 Å². The summed E-state index contributed by atoms with van der Waals surface area (Å²) >= 11 is 0. The normalized spacial score (nSPS) is 21.9. The van der Waals surface area contributed by atoms with Gasteiger partial charge in [0.1, 0.15) is 5.82 Å². The predicted molar refractivity (Wildman–Crippen MR) is 139 cm³/mol. The molecule has 2 aliphatic heterocycles. The summed E-state index contributed by atoms with van der Waals surface area (Å²) < 4.78 is 91.3. The average molecular weight is 587 g/mol. The van der Waals surface area contributed by atoms with E-state index in [-0.39, 0.29) is 46.9 Å². The van der Waals surface area contributed by atoms with E-state index in [1.54, 1.807) is 6.92 Å². The zero-order chi connectivity index (χ0) is 28.3. The first kappa shape index (κ1) is 27.7. The maximum absolute atomic E-state index is 13.4. The molecule has 1 atom stereocenters. The molecule has 3 heterocycles. The Labute approximate surface area is 225 Å². The molecule has 14 heteroatoms. The van der Waals surface area contributed by atoms with Gasteiger partial charge in [0.15, 0.2) is 9.84 Å². The van der Waals surface area contributed by atoms with E-state index in [2.05, 4.69) is 4.98 Å². The standard InChI is InChI=1S/C25H29F3N4O5S2/c1-16-7-12-39(36,37)32(16)19-5-6-20(22(14-19)38(2,34)35)24(33)31-10-8-30(9-11-31)23-21(17-3-4-17)13-18(15-29-23)25(26,27)28/h5-6,13-17H,3-4,7-12H2,1-2H3/t16-/m1/s1. The second kappa shape index (κ2) is 9.65. The summed E-state index contributed by atoms with van der Waals surface area (Å²) in [5.74, 6) is -0.0299. The minimum atomic E-state index is -4.48. The number of sulfone groups is 1. The van der Waals surface area contributed by atoms with Crippen LogP contribution in [-0.4, -0.2) is 76.9 Å². The van der Waals surface area contributed by atoms with Crippen molar-refractivity contribution in [2.75, 3.05) is 47.4 Å². The van der Waals surface area contributed by atoms with E-state index in [0.717, 1.165) is 25.3 Å². The van der Waals surface area contributed by atoms with E-state index in [4.69, 9.17) is 0 Å². The molecular formula is C25H29F3N4O5S2.